The number of aryl methyl sites for hydroxylation is 1. The number of halogens is 3. The number of aromatic hydroxyl groups is 1. The molecule has 2 aromatic heterocycles. The summed E-state index contributed by atoms with van der Waals surface area (Å²) >= 11 is 0. The Kier molecular flexibility index (Phi) is 9.12. The third-order valence-corrected chi connectivity index (χ3v) is 9.79. The first-order chi connectivity index (χ1) is 25.5. The van der Waals surface area contributed by atoms with Crippen LogP contribution in [0.15, 0.2) is 127 Å². The van der Waals surface area contributed by atoms with Gasteiger partial charge in [0.2, 0.25) is 0 Å². The Hall–Kier alpha value is -5.89. The lowest BCUT2D eigenvalue weighted by Crippen LogP contribution is -2.17. The molecular formula is C46H43F3N4O. The van der Waals surface area contributed by atoms with Crippen LogP contribution in [0.25, 0.3) is 44.9 Å². The monoisotopic (exact) mass is 724 g/mol. The summed E-state index contributed by atoms with van der Waals surface area (Å²) < 4.78 is 45.9. The van der Waals surface area contributed by atoms with E-state index in [1.165, 1.54) is 0 Å². The standard InChI is InChI=1S/C46H43F3N4O/c1-44(2,3)30-25-36(42(54)37(26-30)45(4,5)6)43-51-41-35(22-15-23-40(41)52(43)7)39-28-31(46(47,48)49)27-38(50-39)29-16-14-21-34(24-29)53(32-17-10-8-11-18-32)33-19-12-9-13-20-33/h8-28,54H,1-7H3. The minimum absolute atomic E-state index is 0.134. The number of anilines is 3. The van der Waals surface area contributed by atoms with Crippen LogP contribution in [-0.4, -0.2) is 19.6 Å². The number of rotatable bonds is 6. The fourth-order valence-corrected chi connectivity index (χ4v) is 6.86. The Morgan fingerprint density at radius 3 is 1.76 bits per heavy atom. The van der Waals surface area contributed by atoms with Crippen LogP contribution in [0.1, 0.15) is 58.2 Å². The van der Waals surface area contributed by atoms with E-state index in [0.717, 1.165) is 40.3 Å². The molecule has 5 aromatic carbocycles. The summed E-state index contributed by atoms with van der Waals surface area (Å²) in [7, 11) is 1.86. The summed E-state index contributed by atoms with van der Waals surface area (Å²) in [5, 5.41) is 11.7. The topological polar surface area (TPSA) is 54.2 Å². The number of hydrogen-bond acceptors (Lipinski definition) is 4. The van der Waals surface area contributed by atoms with Gasteiger partial charge in [-0.15, -0.1) is 0 Å². The Balaban J connectivity index is 1.41. The summed E-state index contributed by atoms with van der Waals surface area (Å²) in [6.45, 7) is 12.5. The van der Waals surface area contributed by atoms with E-state index in [0.29, 0.717) is 33.5 Å². The molecule has 0 amide bonds. The van der Waals surface area contributed by atoms with Gasteiger partial charge in [-0.3, -0.25) is 0 Å². The highest BCUT2D eigenvalue weighted by atomic mass is 19.4. The highest BCUT2D eigenvalue weighted by Gasteiger charge is 2.33. The van der Waals surface area contributed by atoms with Gasteiger partial charge in [0.05, 0.1) is 33.5 Å². The maximum atomic E-state index is 14.7. The van der Waals surface area contributed by atoms with Crippen molar-refractivity contribution in [3.05, 3.63) is 144 Å². The molecule has 7 rings (SSSR count). The van der Waals surface area contributed by atoms with Crippen LogP contribution >= 0.6 is 0 Å². The molecule has 0 bridgehead atoms. The molecule has 0 unspecified atom stereocenters. The molecule has 0 fully saturated rings. The zero-order valence-electron chi connectivity index (χ0n) is 31.5. The quantitative estimate of drug-likeness (QED) is 0.186. The highest BCUT2D eigenvalue weighted by Crippen LogP contribution is 2.44. The van der Waals surface area contributed by atoms with Gasteiger partial charge < -0.3 is 14.6 Å². The maximum absolute atomic E-state index is 14.7. The Morgan fingerprint density at radius 1 is 0.574 bits per heavy atom. The SMILES string of the molecule is Cn1c(-c2cc(C(C)(C)C)cc(C(C)(C)C)c2O)nc2c(-c3cc(C(F)(F)F)cc(-c4cccc(N(c5ccccc5)c5ccccc5)c4)n3)cccc21. The first-order valence-electron chi connectivity index (χ1n) is 17.9. The highest BCUT2D eigenvalue weighted by molar-refractivity contribution is 5.94. The number of alkyl halides is 3. The molecular weight excluding hydrogens is 682 g/mol. The Bertz CT molecular complexity index is 2430. The number of fused-ring (bicyclic) bond motifs is 1. The fourth-order valence-electron chi connectivity index (χ4n) is 6.86. The van der Waals surface area contributed by atoms with E-state index in [4.69, 9.17) is 9.97 Å². The number of imidazole rings is 1. The molecule has 7 aromatic rings. The molecule has 5 nitrogen and oxygen atoms in total. The van der Waals surface area contributed by atoms with Gasteiger partial charge in [0.1, 0.15) is 11.6 Å². The maximum Gasteiger partial charge on any atom is 0.416 e. The lowest BCUT2D eigenvalue weighted by molar-refractivity contribution is -0.137. The van der Waals surface area contributed by atoms with Crippen LogP contribution in [0.2, 0.25) is 0 Å². The second-order valence-electron chi connectivity index (χ2n) is 15.8. The number of benzene rings is 5. The minimum Gasteiger partial charge on any atom is -0.507 e. The molecule has 2 heterocycles. The second-order valence-corrected chi connectivity index (χ2v) is 15.8. The lowest BCUT2D eigenvalue weighted by atomic mass is 9.79. The molecule has 54 heavy (non-hydrogen) atoms. The Labute approximate surface area is 314 Å². The van der Waals surface area contributed by atoms with Crippen molar-refractivity contribution in [3.63, 3.8) is 0 Å². The zero-order chi connectivity index (χ0) is 38.6. The molecule has 8 heteroatoms. The summed E-state index contributed by atoms with van der Waals surface area (Å²) in [6.07, 6.45) is -4.63. The molecule has 0 radical (unpaired) electrons. The molecule has 274 valence electrons. The van der Waals surface area contributed by atoms with Crippen molar-refractivity contribution < 1.29 is 18.3 Å². The zero-order valence-corrected chi connectivity index (χ0v) is 31.5. The second kappa shape index (κ2) is 13.5. The number of para-hydroxylation sites is 3. The van der Waals surface area contributed by atoms with E-state index in [1.54, 1.807) is 18.2 Å². The molecule has 0 aliphatic carbocycles. The van der Waals surface area contributed by atoms with Gasteiger partial charge in [-0.05, 0) is 77.1 Å². The van der Waals surface area contributed by atoms with Crippen molar-refractivity contribution >= 4 is 28.1 Å². The van der Waals surface area contributed by atoms with Gasteiger partial charge in [-0.2, -0.15) is 13.2 Å². The van der Waals surface area contributed by atoms with Gasteiger partial charge in [-0.1, -0.05) is 108 Å². The number of aromatic nitrogens is 3. The van der Waals surface area contributed by atoms with E-state index in [1.807, 2.05) is 103 Å². The molecule has 0 saturated carbocycles. The molecule has 1 N–H and O–H groups in total. The van der Waals surface area contributed by atoms with Crippen LogP contribution < -0.4 is 4.90 Å². The molecule has 0 aliphatic heterocycles. The van der Waals surface area contributed by atoms with E-state index in [9.17, 15) is 18.3 Å². The fraction of sp³-hybridized carbons (Fsp3) is 0.217. The molecule has 0 saturated heterocycles. The van der Waals surface area contributed by atoms with Crippen LogP contribution in [-0.2, 0) is 24.1 Å². The Morgan fingerprint density at radius 2 is 1.17 bits per heavy atom. The number of phenolic OH excluding ortho intramolecular Hbond substituents is 1. The van der Waals surface area contributed by atoms with Crippen molar-refractivity contribution in [2.45, 2.75) is 58.5 Å². The number of pyridine rings is 1. The van der Waals surface area contributed by atoms with Gasteiger partial charge >= 0.3 is 6.18 Å². The number of hydrogen-bond donors (Lipinski definition) is 1. The predicted molar refractivity (Wildman–Crippen MR) is 214 cm³/mol. The van der Waals surface area contributed by atoms with Gasteiger partial charge in [0.15, 0.2) is 0 Å². The lowest BCUT2D eigenvalue weighted by Gasteiger charge is -2.27. The smallest absolute Gasteiger partial charge is 0.416 e. The van der Waals surface area contributed by atoms with Crippen molar-refractivity contribution in [1.29, 1.82) is 0 Å². The van der Waals surface area contributed by atoms with Crippen molar-refractivity contribution in [2.24, 2.45) is 7.05 Å². The first-order valence-corrected chi connectivity index (χ1v) is 17.9. The average Bonchev–Trinajstić information content (AvgIpc) is 3.47. The molecule has 0 spiro atoms. The van der Waals surface area contributed by atoms with E-state index >= 15 is 0 Å². The minimum atomic E-state index is -4.63. The molecule has 0 aliphatic rings. The largest absolute Gasteiger partial charge is 0.507 e. The third kappa shape index (κ3) is 6.96. The van der Waals surface area contributed by atoms with Crippen molar-refractivity contribution in [1.82, 2.24) is 14.5 Å². The van der Waals surface area contributed by atoms with Crippen LogP contribution in [0.5, 0.6) is 5.75 Å². The van der Waals surface area contributed by atoms with Crippen molar-refractivity contribution in [2.75, 3.05) is 4.90 Å². The van der Waals surface area contributed by atoms with E-state index in [2.05, 4.69) is 52.5 Å². The van der Waals surface area contributed by atoms with Gasteiger partial charge in [0, 0.05) is 40.8 Å². The van der Waals surface area contributed by atoms with E-state index < -0.39 is 11.7 Å². The summed E-state index contributed by atoms with van der Waals surface area (Å²) in [4.78, 5) is 12.0. The van der Waals surface area contributed by atoms with Crippen molar-refractivity contribution in [3.8, 4) is 39.7 Å². The summed E-state index contributed by atoms with van der Waals surface area (Å²) in [5.74, 6) is 0.642. The third-order valence-electron chi connectivity index (χ3n) is 9.79. The van der Waals surface area contributed by atoms with Crippen LogP contribution in [0.4, 0.5) is 30.2 Å². The predicted octanol–water partition coefficient (Wildman–Crippen LogP) is 12.8. The van der Waals surface area contributed by atoms with Crippen LogP contribution in [0, 0.1) is 0 Å². The molecule has 0 atom stereocenters. The normalized spacial score (nSPS) is 12.3. The first kappa shape index (κ1) is 36.5. The van der Waals surface area contributed by atoms with Crippen LogP contribution in [0.3, 0.4) is 0 Å². The average molecular weight is 725 g/mol. The number of phenols is 1. The summed E-state index contributed by atoms with van der Waals surface area (Å²) in [6, 6.07) is 38.7. The van der Waals surface area contributed by atoms with Gasteiger partial charge in [0.25, 0.3) is 0 Å². The van der Waals surface area contributed by atoms with Gasteiger partial charge in [-0.25, -0.2) is 9.97 Å². The summed E-state index contributed by atoms with van der Waals surface area (Å²) in [5.41, 5.74) is 6.10. The number of nitrogens with zero attached hydrogens (tertiary/aromatic N) is 4. The van der Waals surface area contributed by atoms with E-state index in [-0.39, 0.29) is 28.0 Å².